The van der Waals surface area contributed by atoms with Gasteiger partial charge in [-0.25, -0.2) is 0 Å². The van der Waals surface area contributed by atoms with Gasteiger partial charge in [0, 0.05) is 6.04 Å². The number of nitrogens with zero attached hydrogens (tertiary/aromatic N) is 1. The Balaban J connectivity index is 2.40. The molecule has 0 bridgehead atoms. The second kappa shape index (κ2) is 6.53. The van der Waals surface area contributed by atoms with Crippen molar-refractivity contribution in [3.63, 3.8) is 0 Å². The van der Waals surface area contributed by atoms with Gasteiger partial charge in [0.1, 0.15) is 0 Å². The van der Waals surface area contributed by atoms with Crippen LogP contribution in [0.4, 0.5) is 0 Å². The van der Waals surface area contributed by atoms with Crippen LogP contribution in [0.1, 0.15) is 55.3 Å². The Kier molecular flexibility index (Phi) is 5.00. The van der Waals surface area contributed by atoms with E-state index in [9.17, 15) is 0 Å². The van der Waals surface area contributed by atoms with Crippen LogP contribution in [0.5, 0.6) is 0 Å². The number of rotatable bonds is 3. The molecule has 0 radical (unpaired) electrons. The van der Waals surface area contributed by atoms with E-state index in [1.165, 1.54) is 42.5 Å². The molecule has 2 N–H and O–H groups in total. The predicted molar refractivity (Wildman–Crippen MR) is 82.3 cm³/mol. The maximum Gasteiger partial charge on any atom is 0.0504 e. The normalized spacial score (nSPS) is 25.3. The smallest absolute Gasteiger partial charge is 0.0504 e. The summed E-state index contributed by atoms with van der Waals surface area (Å²) in [7, 11) is 0. The molecule has 106 valence electrons. The molecule has 2 nitrogen and oxygen atoms in total. The molecular formula is C17H28N2. The van der Waals surface area contributed by atoms with Crippen LogP contribution < -0.4 is 5.73 Å². The molecule has 2 rings (SSSR count). The summed E-state index contributed by atoms with van der Waals surface area (Å²) >= 11 is 0. The van der Waals surface area contributed by atoms with Gasteiger partial charge in [-0.15, -0.1) is 0 Å². The summed E-state index contributed by atoms with van der Waals surface area (Å²) in [5.41, 5.74) is 10.8. The van der Waals surface area contributed by atoms with Crippen molar-refractivity contribution in [3.05, 3.63) is 34.9 Å². The van der Waals surface area contributed by atoms with Crippen LogP contribution in [0.2, 0.25) is 0 Å². The maximum atomic E-state index is 6.53. The Hall–Kier alpha value is -0.860. The minimum absolute atomic E-state index is 0.272. The molecule has 1 heterocycles. The van der Waals surface area contributed by atoms with Crippen molar-refractivity contribution in [1.29, 1.82) is 0 Å². The minimum atomic E-state index is 0.272. The zero-order valence-electron chi connectivity index (χ0n) is 12.7. The number of likely N-dealkylation sites (tertiary alicyclic amines) is 1. The lowest BCUT2D eigenvalue weighted by Crippen LogP contribution is -2.40. The Morgan fingerprint density at radius 1 is 1.21 bits per heavy atom. The van der Waals surface area contributed by atoms with Gasteiger partial charge in [0.25, 0.3) is 0 Å². The first kappa shape index (κ1) is 14.5. The summed E-state index contributed by atoms with van der Waals surface area (Å²) in [6.45, 7) is 9.07. The second-order valence-corrected chi connectivity index (χ2v) is 5.95. The van der Waals surface area contributed by atoms with Gasteiger partial charge in [0.15, 0.2) is 0 Å². The van der Waals surface area contributed by atoms with E-state index in [0.29, 0.717) is 6.04 Å². The molecule has 0 amide bonds. The van der Waals surface area contributed by atoms with E-state index in [2.05, 4.69) is 43.9 Å². The van der Waals surface area contributed by atoms with Crippen molar-refractivity contribution >= 4 is 0 Å². The highest BCUT2D eigenvalue weighted by atomic mass is 15.2. The standard InChI is InChI=1S/C17H28N2/c1-4-11-19-12-6-5-10-15(18)17(19)16-13(2)8-7-9-14(16)3/h7-9,15,17H,4-6,10-12,18H2,1-3H3. The van der Waals surface area contributed by atoms with Gasteiger partial charge in [-0.3, -0.25) is 4.90 Å². The quantitative estimate of drug-likeness (QED) is 0.900. The van der Waals surface area contributed by atoms with Crippen molar-refractivity contribution in [2.75, 3.05) is 13.1 Å². The molecule has 1 fully saturated rings. The Morgan fingerprint density at radius 3 is 2.53 bits per heavy atom. The summed E-state index contributed by atoms with van der Waals surface area (Å²) in [6, 6.07) is 7.28. The molecule has 1 aliphatic rings. The highest BCUT2D eigenvalue weighted by molar-refractivity contribution is 5.37. The monoisotopic (exact) mass is 260 g/mol. The Labute approximate surface area is 118 Å². The molecule has 0 aliphatic carbocycles. The van der Waals surface area contributed by atoms with Gasteiger partial charge in [-0.05, 0) is 62.9 Å². The zero-order valence-corrected chi connectivity index (χ0v) is 12.7. The van der Waals surface area contributed by atoms with Gasteiger partial charge in [-0.2, -0.15) is 0 Å². The molecule has 0 aromatic heterocycles. The van der Waals surface area contributed by atoms with E-state index < -0.39 is 0 Å². The van der Waals surface area contributed by atoms with Crippen molar-refractivity contribution in [2.24, 2.45) is 5.73 Å². The fraction of sp³-hybridized carbons (Fsp3) is 0.647. The van der Waals surface area contributed by atoms with Gasteiger partial charge in [-0.1, -0.05) is 31.5 Å². The topological polar surface area (TPSA) is 29.3 Å². The van der Waals surface area contributed by atoms with Crippen LogP contribution in [0.15, 0.2) is 18.2 Å². The van der Waals surface area contributed by atoms with Crippen LogP contribution >= 0.6 is 0 Å². The van der Waals surface area contributed by atoms with Gasteiger partial charge >= 0.3 is 0 Å². The number of hydrogen-bond acceptors (Lipinski definition) is 2. The lowest BCUT2D eigenvalue weighted by molar-refractivity contribution is 0.184. The summed E-state index contributed by atoms with van der Waals surface area (Å²) < 4.78 is 0. The number of benzene rings is 1. The lowest BCUT2D eigenvalue weighted by atomic mass is 9.89. The van der Waals surface area contributed by atoms with Crippen molar-refractivity contribution in [3.8, 4) is 0 Å². The van der Waals surface area contributed by atoms with E-state index in [4.69, 9.17) is 5.73 Å². The van der Waals surface area contributed by atoms with Crippen LogP contribution in [0.3, 0.4) is 0 Å². The Bertz CT molecular complexity index is 393. The van der Waals surface area contributed by atoms with E-state index in [1.807, 2.05) is 0 Å². The summed E-state index contributed by atoms with van der Waals surface area (Å²) in [5, 5.41) is 0. The van der Waals surface area contributed by atoms with Crippen LogP contribution in [-0.4, -0.2) is 24.0 Å². The number of aryl methyl sites for hydroxylation is 2. The van der Waals surface area contributed by atoms with Crippen molar-refractivity contribution in [2.45, 2.75) is 58.5 Å². The van der Waals surface area contributed by atoms with E-state index >= 15 is 0 Å². The third-order valence-electron chi connectivity index (χ3n) is 4.38. The summed E-state index contributed by atoms with van der Waals surface area (Å²) in [4.78, 5) is 2.62. The van der Waals surface area contributed by atoms with Crippen LogP contribution in [-0.2, 0) is 0 Å². The molecule has 1 aliphatic heterocycles. The number of nitrogens with two attached hydrogens (primary N) is 1. The molecule has 2 unspecified atom stereocenters. The first-order chi connectivity index (χ1) is 9.15. The highest BCUT2D eigenvalue weighted by Crippen LogP contribution is 2.33. The third-order valence-corrected chi connectivity index (χ3v) is 4.38. The first-order valence-corrected chi connectivity index (χ1v) is 7.71. The van der Waals surface area contributed by atoms with Crippen molar-refractivity contribution in [1.82, 2.24) is 4.90 Å². The molecule has 1 aromatic carbocycles. The minimum Gasteiger partial charge on any atom is -0.326 e. The molecule has 2 atom stereocenters. The molecule has 19 heavy (non-hydrogen) atoms. The van der Waals surface area contributed by atoms with Gasteiger partial charge in [0.05, 0.1) is 6.04 Å². The van der Waals surface area contributed by atoms with Gasteiger partial charge < -0.3 is 5.73 Å². The SMILES string of the molecule is CCCN1CCCCC(N)C1c1c(C)cccc1C. The fourth-order valence-electron chi connectivity index (χ4n) is 3.49. The third kappa shape index (κ3) is 3.18. The molecule has 0 spiro atoms. The van der Waals surface area contributed by atoms with E-state index in [-0.39, 0.29) is 6.04 Å². The molecule has 1 saturated heterocycles. The van der Waals surface area contributed by atoms with Crippen LogP contribution in [0, 0.1) is 13.8 Å². The summed E-state index contributed by atoms with van der Waals surface area (Å²) in [5.74, 6) is 0. The maximum absolute atomic E-state index is 6.53. The Morgan fingerprint density at radius 2 is 1.89 bits per heavy atom. The van der Waals surface area contributed by atoms with Crippen LogP contribution in [0.25, 0.3) is 0 Å². The predicted octanol–water partition coefficient (Wildman–Crippen LogP) is 3.57. The average Bonchev–Trinajstić information content (AvgIpc) is 2.54. The zero-order chi connectivity index (χ0) is 13.8. The molecule has 0 saturated carbocycles. The van der Waals surface area contributed by atoms with Gasteiger partial charge in [0.2, 0.25) is 0 Å². The first-order valence-electron chi connectivity index (χ1n) is 7.71. The average molecular weight is 260 g/mol. The fourth-order valence-corrected chi connectivity index (χ4v) is 3.49. The molecule has 1 aromatic rings. The summed E-state index contributed by atoms with van der Waals surface area (Å²) in [6.07, 6.45) is 4.91. The van der Waals surface area contributed by atoms with E-state index in [1.54, 1.807) is 0 Å². The highest BCUT2D eigenvalue weighted by Gasteiger charge is 2.30. The second-order valence-electron chi connectivity index (χ2n) is 5.95. The van der Waals surface area contributed by atoms with E-state index in [0.717, 1.165) is 13.0 Å². The lowest BCUT2D eigenvalue weighted by Gasteiger charge is -2.35. The van der Waals surface area contributed by atoms with Crippen molar-refractivity contribution < 1.29 is 0 Å². The number of hydrogen-bond donors (Lipinski definition) is 1. The molecular weight excluding hydrogens is 232 g/mol. The largest absolute Gasteiger partial charge is 0.326 e. The molecule has 2 heteroatoms.